The molecule has 0 bridgehead atoms. The number of anilines is 1. The molecule has 1 aliphatic heterocycles. The number of alkyl halides is 2. The molecule has 0 spiro atoms. The van der Waals surface area contributed by atoms with Crippen molar-refractivity contribution in [2.24, 2.45) is 5.92 Å². The minimum atomic E-state index is -2.87. The van der Waals surface area contributed by atoms with E-state index in [0.717, 1.165) is 6.07 Å². The molecule has 5 rings (SSSR count). The third-order valence-electron chi connectivity index (χ3n) is 7.10. The number of ketones is 1. The lowest BCUT2D eigenvalue weighted by Gasteiger charge is -2.35. The van der Waals surface area contributed by atoms with Gasteiger partial charge in [0.15, 0.2) is 28.9 Å². The maximum Gasteiger partial charge on any atom is 0.249 e. The molecule has 2 aliphatic rings. The van der Waals surface area contributed by atoms with Crippen LogP contribution in [-0.2, 0) is 9.53 Å². The predicted octanol–water partition coefficient (Wildman–Crippen LogP) is 5.07. The van der Waals surface area contributed by atoms with E-state index in [1.54, 1.807) is 0 Å². The number of halogens is 4. The van der Waals surface area contributed by atoms with E-state index in [2.05, 4.69) is 26.8 Å². The van der Waals surface area contributed by atoms with Crippen LogP contribution in [0.25, 0.3) is 22.2 Å². The van der Waals surface area contributed by atoms with Crippen molar-refractivity contribution in [1.82, 2.24) is 15.0 Å². The van der Waals surface area contributed by atoms with Crippen LogP contribution in [-0.4, -0.2) is 60.1 Å². The Morgan fingerprint density at radius 2 is 1.85 bits per heavy atom. The van der Waals surface area contributed by atoms with Crippen molar-refractivity contribution < 1.29 is 36.6 Å². The Balaban J connectivity index is 1.58. The normalized spacial score (nSPS) is 20.5. The van der Waals surface area contributed by atoms with Gasteiger partial charge in [0.25, 0.3) is 0 Å². The van der Waals surface area contributed by atoms with E-state index in [-0.39, 0.29) is 58.5 Å². The van der Waals surface area contributed by atoms with E-state index >= 15 is 8.78 Å². The van der Waals surface area contributed by atoms with Gasteiger partial charge in [-0.3, -0.25) is 4.79 Å². The number of methoxy groups -OCH3 is 2. The topological polar surface area (TPSA) is 95.5 Å². The summed E-state index contributed by atoms with van der Waals surface area (Å²) in [5, 5.41) is 3.52. The highest BCUT2D eigenvalue weighted by atomic mass is 19.3. The number of pyridine rings is 1. The number of aromatic nitrogens is 3. The number of carbonyl (C=O) groups is 1. The van der Waals surface area contributed by atoms with Crippen LogP contribution < -0.4 is 14.8 Å². The zero-order valence-electron chi connectivity index (χ0n) is 21.3. The third-order valence-corrected chi connectivity index (χ3v) is 7.10. The van der Waals surface area contributed by atoms with Crippen molar-refractivity contribution in [2.75, 3.05) is 32.8 Å². The number of rotatable bonds is 9. The smallest absolute Gasteiger partial charge is 0.249 e. The SMILES string of the molecule is C=CC(=O)C[C@H]1COC[C@H]1Nc1ncc2cc(-c3c(F)c(OC)cc(OC)c3F)nc(C3CC(F)(F)C3)c2n1. The summed E-state index contributed by atoms with van der Waals surface area (Å²) in [6.45, 7) is 4.20. The Hall–Kier alpha value is -3.80. The van der Waals surface area contributed by atoms with Gasteiger partial charge in [0.2, 0.25) is 11.9 Å². The Morgan fingerprint density at radius 3 is 2.46 bits per heavy atom. The molecule has 8 nitrogen and oxygen atoms in total. The van der Waals surface area contributed by atoms with Crippen LogP contribution in [0.1, 0.15) is 30.9 Å². The van der Waals surface area contributed by atoms with E-state index in [1.165, 1.54) is 32.6 Å². The lowest BCUT2D eigenvalue weighted by atomic mass is 9.78. The number of benzene rings is 1. The molecule has 39 heavy (non-hydrogen) atoms. The highest BCUT2D eigenvalue weighted by Crippen LogP contribution is 2.49. The minimum Gasteiger partial charge on any atom is -0.494 e. The van der Waals surface area contributed by atoms with Gasteiger partial charge >= 0.3 is 0 Å². The number of nitrogens with zero attached hydrogens (tertiary/aromatic N) is 3. The van der Waals surface area contributed by atoms with Gasteiger partial charge in [0, 0.05) is 48.7 Å². The molecule has 0 radical (unpaired) electrons. The zero-order valence-corrected chi connectivity index (χ0v) is 21.3. The number of allylic oxidation sites excluding steroid dienone is 1. The van der Waals surface area contributed by atoms with Gasteiger partial charge < -0.3 is 19.5 Å². The standard InChI is InChI=1S/C27H26F4N4O4/c1-4-16(36)5-14-11-39-12-18(14)34-26-32-10-13-6-17(21-22(28)19(37-2)7-20(38-3)23(21)29)33-25(24(13)35-26)15-8-27(30,31)9-15/h4,6-7,10,14-15,18H,1,5,8-9,11-12H2,2-3H3,(H,32,34,35)/t14-,18+/m0/s1. The van der Waals surface area contributed by atoms with Crippen LogP contribution in [0.2, 0.25) is 0 Å². The minimum absolute atomic E-state index is 0.115. The molecular weight excluding hydrogens is 520 g/mol. The van der Waals surface area contributed by atoms with Gasteiger partial charge in [-0.15, -0.1) is 0 Å². The van der Waals surface area contributed by atoms with Crippen LogP contribution in [0.4, 0.5) is 23.5 Å². The lowest BCUT2D eigenvalue weighted by molar-refractivity contribution is -0.115. The van der Waals surface area contributed by atoms with E-state index < -0.39 is 41.9 Å². The van der Waals surface area contributed by atoms with Crippen molar-refractivity contribution >= 4 is 22.6 Å². The summed E-state index contributed by atoms with van der Waals surface area (Å²) in [7, 11) is 2.45. The van der Waals surface area contributed by atoms with Gasteiger partial charge in [-0.25, -0.2) is 32.5 Å². The number of fused-ring (bicyclic) bond motifs is 1. The number of hydrogen-bond acceptors (Lipinski definition) is 8. The quantitative estimate of drug-likeness (QED) is 0.294. The number of carbonyl (C=O) groups excluding carboxylic acids is 1. The molecule has 1 aliphatic carbocycles. The molecule has 1 saturated carbocycles. The molecule has 3 aromatic rings. The predicted molar refractivity (Wildman–Crippen MR) is 134 cm³/mol. The van der Waals surface area contributed by atoms with Gasteiger partial charge in [0.05, 0.1) is 55.9 Å². The summed E-state index contributed by atoms with van der Waals surface area (Å²) in [5.41, 5.74) is -0.178. The Bertz CT molecular complexity index is 1420. The van der Waals surface area contributed by atoms with Gasteiger partial charge in [0.1, 0.15) is 0 Å². The number of nitrogens with one attached hydrogen (secondary N) is 1. The molecular formula is C27H26F4N4O4. The van der Waals surface area contributed by atoms with Crippen molar-refractivity contribution in [3.05, 3.63) is 48.3 Å². The molecule has 1 N–H and O–H groups in total. The van der Waals surface area contributed by atoms with Crippen LogP contribution in [0.5, 0.6) is 11.5 Å². The van der Waals surface area contributed by atoms with Crippen molar-refractivity contribution in [2.45, 2.75) is 37.1 Å². The van der Waals surface area contributed by atoms with Gasteiger partial charge in [-0.1, -0.05) is 6.58 Å². The van der Waals surface area contributed by atoms with Crippen LogP contribution in [0.15, 0.2) is 31.0 Å². The number of hydrogen-bond donors (Lipinski definition) is 1. The molecule has 206 valence electrons. The molecule has 0 unspecified atom stereocenters. The molecule has 2 aromatic heterocycles. The Morgan fingerprint density at radius 1 is 1.15 bits per heavy atom. The van der Waals surface area contributed by atoms with Gasteiger partial charge in [-0.2, -0.15) is 0 Å². The first kappa shape index (κ1) is 26.8. The molecule has 1 aromatic carbocycles. The van der Waals surface area contributed by atoms with E-state index in [4.69, 9.17) is 14.2 Å². The maximum absolute atomic E-state index is 15.3. The van der Waals surface area contributed by atoms with Crippen LogP contribution in [0, 0.1) is 17.6 Å². The second-order valence-corrected chi connectivity index (χ2v) is 9.69. The fraction of sp³-hybridized carbons (Fsp3) is 0.407. The highest BCUT2D eigenvalue weighted by Gasteiger charge is 2.47. The summed E-state index contributed by atoms with van der Waals surface area (Å²) < 4.78 is 73.9. The Kier molecular flexibility index (Phi) is 7.15. The first-order valence-electron chi connectivity index (χ1n) is 12.3. The van der Waals surface area contributed by atoms with Crippen molar-refractivity contribution in [3.63, 3.8) is 0 Å². The fourth-order valence-corrected chi connectivity index (χ4v) is 4.98. The summed E-state index contributed by atoms with van der Waals surface area (Å²) in [4.78, 5) is 25.2. The second-order valence-electron chi connectivity index (χ2n) is 9.69. The molecule has 3 heterocycles. The number of ether oxygens (including phenoxy) is 3. The van der Waals surface area contributed by atoms with E-state index in [1.807, 2.05) is 0 Å². The molecule has 1 saturated heterocycles. The summed E-state index contributed by atoms with van der Waals surface area (Å²) in [6, 6.07) is 2.21. The Labute approximate surface area is 221 Å². The van der Waals surface area contributed by atoms with E-state index in [9.17, 15) is 13.6 Å². The summed E-state index contributed by atoms with van der Waals surface area (Å²) in [6.07, 6.45) is 1.99. The zero-order chi connectivity index (χ0) is 27.9. The molecule has 12 heteroatoms. The first-order chi connectivity index (χ1) is 18.6. The molecule has 2 fully saturated rings. The first-order valence-corrected chi connectivity index (χ1v) is 12.3. The molecule has 0 amide bonds. The second kappa shape index (κ2) is 10.4. The highest BCUT2D eigenvalue weighted by molar-refractivity contribution is 5.89. The third kappa shape index (κ3) is 5.12. The van der Waals surface area contributed by atoms with Crippen LogP contribution in [0.3, 0.4) is 0 Å². The fourth-order valence-electron chi connectivity index (χ4n) is 4.98. The van der Waals surface area contributed by atoms with Crippen molar-refractivity contribution in [1.29, 1.82) is 0 Å². The maximum atomic E-state index is 15.3. The van der Waals surface area contributed by atoms with E-state index in [0.29, 0.717) is 18.6 Å². The summed E-state index contributed by atoms with van der Waals surface area (Å²) >= 11 is 0. The molecule has 2 atom stereocenters. The van der Waals surface area contributed by atoms with Gasteiger partial charge in [-0.05, 0) is 12.1 Å². The average molecular weight is 547 g/mol. The largest absolute Gasteiger partial charge is 0.494 e. The monoisotopic (exact) mass is 546 g/mol. The van der Waals surface area contributed by atoms with Crippen LogP contribution >= 0.6 is 0 Å². The average Bonchev–Trinajstić information content (AvgIpc) is 3.33. The summed E-state index contributed by atoms with van der Waals surface area (Å²) in [5.74, 6) is -6.15. The van der Waals surface area contributed by atoms with Crippen molar-refractivity contribution in [3.8, 4) is 22.8 Å². The lowest BCUT2D eigenvalue weighted by Crippen LogP contribution is -2.34.